The van der Waals surface area contributed by atoms with Gasteiger partial charge in [-0.15, -0.1) is 0 Å². The number of halogens is 4. The number of alkyl halides is 3. The quantitative estimate of drug-likeness (QED) is 0.223. The van der Waals surface area contributed by atoms with E-state index in [4.69, 9.17) is 16.0 Å². The first-order valence-corrected chi connectivity index (χ1v) is 16.6. The molecule has 17 heteroatoms. The number of benzene rings is 2. The van der Waals surface area contributed by atoms with Crippen LogP contribution in [-0.4, -0.2) is 67.5 Å². The lowest BCUT2D eigenvalue weighted by Crippen LogP contribution is -2.55. The van der Waals surface area contributed by atoms with E-state index in [1.165, 1.54) is 80.8 Å². The van der Waals surface area contributed by atoms with E-state index in [0.29, 0.717) is 5.02 Å². The summed E-state index contributed by atoms with van der Waals surface area (Å²) in [7, 11) is -4.23. The van der Waals surface area contributed by atoms with Crippen LogP contribution in [0.25, 0.3) is 0 Å². The Balaban J connectivity index is 1.76. The van der Waals surface area contributed by atoms with E-state index in [0.717, 1.165) is 4.90 Å². The molecule has 0 spiro atoms. The molecule has 49 heavy (non-hydrogen) atoms. The molecule has 4 amide bonds. The molecule has 0 saturated carbocycles. The predicted molar refractivity (Wildman–Crippen MR) is 171 cm³/mol. The summed E-state index contributed by atoms with van der Waals surface area (Å²) in [5.41, 5.74) is -0.0961. The van der Waals surface area contributed by atoms with Crippen LogP contribution in [0.2, 0.25) is 5.02 Å². The molecule has 0 fully saturated rings. The van der Waals surface area contributed by atoms with Gasteiger partial charge in [-0.25, -0.2) is 13.1 Å². The molecule has 0 radical (unpaired) electrons. The van der Waals surface area contributed by atoms with E-state index >= 15 is 0 Å². The number of furan rings is 1. The number of carbonyl (C=O) groups is 5. The fourth-order valence-corrected chi connectivity index (χ4v) is 5.57. The summed E-state index contributed by atoms with van der Waals surface area (Å²) < 4.78 is 71.8. The molecular formula is C32H34ClF3N4O8S. The molecule has 3 aromatic rings. The first-order valence-electron chi connectivity index (χ1n) is 14.7. The van der Waals surface area contributed by atoms with Gasteiger partial charge >= 0.3 is 6.18 Å². The molecule has 0 saturated heterocycles. The van der Waals surface area contributed by atoms with Gasteiger partial charge in [0, 0.05) is 16.1 Å². The van der Waals surface area contributed by atoms with Crippen LogP contribution in [0.15, 0.2) is 76.2 Å². The molecule has 2 unspecified atom stereocenters. The summed E-state index contributed by atoms with van der Waals surface area (Å²) in [6.07, 6.45) is -3.89. The summed E-state index contributed by atoms with van der Waals surface area (Å²) in [5, 5.41) is 4.94. The summed E-state index contributed by atoms with van der Waals surface area (Å²) >= 11 is 5.78. The van der Waals surface area contributed by atoms with Gasteiger partial charge in [0.05, 0.1) is 23.7 Å². The fourth-order valence-electron chi connectivity index (χ4n) is 4.47. The molecule has 0 bridgehead atoms. The van der Waals surface area contributed by atoms with Crippen molar-refractivity contribution in [3.05, 3.63) is 88.8 Å². The first kappa shape index (κ1) is 38.7. The maximum atomic E-state index is 13.8. The van der Waals surface area contributed by atoms with Crippen LogP contribution < -0.4 is 15.4 Å². The maximum Gasteiger partial charge on any atom is 0.452 e. The minimum atomic E-state index is -5.20. The third-order valence-corrected chi connectivity index (χ3v) is 8.70. The molecule has 3 N–H and O–H groups in total. The highest BCUT2D eigenvalue weighted by atomic mass is 35.5. The number of hydrogen-bond donors (Lipinski definition) is 3. The van der Waals surface area contributed by atoms with Gasteiger partial charge in [-0.2, -0.15) is 13.2 Å². The third-order valence-electron chi connectivity index (χ3n) is 7.10. The average molecular weight is 727 g/mol. The number of Topliss-reactive ketones (excluding diaryl/α,β-unsaturated/α-hetero) is 1. The Morgan fingerprint density at radius 1 is 0.816 bits per heavy atom. The van der Waals surface area contributed by atoms with Gasteiger partial charge in [0.1, 0.15) is 18.3 Å². The van der Waals surface area contributed by atoms with E-state index in [9.17, 15) is 45.6 Å². The lowest BCUT2D eigenvalue weighted by Gasteiger charge is -2.30. The Morgan fingerprint density at radius 3 is 1.86 bits per heavy atom. The van der Waals surface area contributed by atoms with Crippen molar-refractivity contribution in [2.24, 2.45) is 11.8 Å². The smallest absolute Gasteiger partial charge is 0.452 e. The van der Waals surface area contributed by atoms with Gasteiger partial charge in [-0.3, -0.25) is 24.0 Å². The summed E-state index contributed by atoms with van der Waals surface area (Å²) in [5.74, 6) is -6.94. The number of sulfonamides is 1. The van der Waals surface area contributed by atoms with Gasteiger partial charge < -0.3 is 20.0 Å². The van der Waals surface area contributed by atoms with Crippen molar-refractivity contribution in [2.45, 2.75) is 57.4 Å². The number of rotatable bonds is 14. The molecule has 2 atom stereocenters. The summed E-state index contributed by atoms with van der Waals surface area (Å²) in [6.45, 7) is 4.81. The monoisotopic (exact) mass is 726 g/mol. The largest absolute Gasteiger partial charge is 0.467 e. The van der Waals surface area contributed by atoms with Crippen molar-refractivity contribution in [1.29, 1.82) is 0 Å². The molecule has 1 aromatic heterocycles. The molecule has 12 nitrogen and oxygen atoms in total. The van der Waals surface area contributed by atoms with Crippen LogP contribution in [0.1, 0.15) is 54.2 Å². The van der Waals surface area contributed by atoms with E-state index < -0.39 is 76.1 Å². The number of carbonyl (C=O) groups excluding carboxylic acids is 5. The van der Waals surface area contributed by atoms with E-state index in [-0.39, 0.29) is 28.3 Å². The second kappa shape index (κ2) is 16.1. The second-order valence-corrected chi connectivity index (χ2v) is 13.7. The molecule has 3 rings (SSSR count). The molecular weight excluding hydrogens is 693 g/mol. The molecule has 1 heterocycles. The summed E-state index contributed by atoms with van der Waals surface area (Å²) in [6, 6.07) is 9.89. The first-order chi connectivity index (χ1) is 22.8. The van der Waals surface area contributed by atoms with Gasteiger partial charge in [-0.1, -0.05) is 39.3 Å². The number of hydrogen-bond acceptors (Lipinski definition) is 8. The topological polar surface area (TPSA) is 172 Å². The number of nitrogens with one attached hydrogen (secondary N) is 3. The van der Waals surface area contributed by atoms with Crippen molar-refractivity contribution in [1.82, 2.24) is 20.3 Å². The van der Waals surface area contributed by atoms with Crippen molar-refractivity contribution >= 4 is 51.0 Å². The third kappa shape index (κ3) is 10.6. The molecule has 264 valence electrons. The Hall–Kier alpha value is -4.70. The zero-order valence-corrected chi connectivity index (χ0v) is 28.3. The van der Waals surface area contributed by atoms with Crippen LogP contribution in [0.5, 0.6) is 0 Å². The van der Waals surface area contributed by atoms with E-state index in [1.807, 2.05) is 4.72 Å². The van der Waals surface area contributed by atoms with E-state index in [1.54, 1.807) is 13.8 Å². The minimum absolute atomic E-state index is 0.00340. The number of nitrogens with zero attached hydrogens (tertiary/aromatic N) is 1. The Morgan fingerprint density at radius 2 is 1.37 bits per heavy atom. The highest BCUT2D eigenvalue weighted by Gasteiger charge is 2.45. The standard InChI is InChI=1S/C32H34ClF3N4O8S/c1-18(2)26(28(42)32(34,35)36)37-25(41)17-40(16-23-6-5-15-48-23)31(45)27(19(3)4)38-29(43)20-7-9-21(10-8-20)30(44)39-49(46,47)24-13-11-22(33)12-14-24/h5-15,18-19,26-27H,16-17H2,1-4H3,(H,37,41)(H,38,43)(H,39,44). The zero-order chi connectivity index (χ0) is 36.7. The molecule has 0 aliphatic heterocycles. The van der Waals surface area contributed by atoms with Crippen LogP contribution >= 0.6 is 11.6 Å². The highest BCUT2D eigenvalue weighted by Crippen LogP contribution is 2.21. The van der Waals surface area contributed by atoms with Gasteiger partial charge in [-0.05, 0) is 72.5 Å². The average Bonchev–Trinajstić information content (AvgIpc) is 3.54. The molecule has 2 aromatic carbocycles. The van der Waals surface area contributed by atoms with Gasteiger partial charge in [0.2, 0.25) is 11.8 Å². The Bertz CT molecular complexity index is 1760. The maximum absolute atomic E-state index is 13.8. The Kier molecular flexibility index (Phi) is 12.8. The SMILES string of the molecule is CC(C)C(NC(=O)c1ccc(C(=O)NS(=O)(=O)c2ccc(Cl)cc2)cc1)C(=O)N(CC(=O)NC(C(=O)C(F)(F)F)C(C)C)Cc1ccco1. The molecule has 0 aliphatic rings. The van der Waals surface area contributed by atoms with E-state index in [2.05, 4.69) is 10.6 Å². The predicted octanol–water partition coefficient (Wildman–Crippen LogP) is 4.11. The van der Waals surface area contributed by atoms with Crippen LogP contribution in [-0.2, 0) is 31.0 Å². The number of ketones is 1. The van der Waals surface area contributed by atoms with Gasteiger partial charge in [0.15, 0.2) is 0 Å². The van der Waals surface area contributed by atoms with Crippen LogP contribution in [0.4, 0.5) is 13.2 Å². The van der Waals surface area contributed by atoms with Crippen molar-refractivity contribution in [3.63, 3.8) is 0 Å². The molecule has 0 aliphatic carbocycles. The minimum Gasteiger partial charge on any atom is -0.467 e. The van der Waals surface area contributed by atoms with Crippen LogP contribution in [0, 0.1) is 11.8 Å². The van der Waals surface area contributed by atoms with Crippen molar-refractivity contribution in [3.8, 4) is 0 Å². The lowest BCUT2D eigenvalue weighted by molar-refractivity contribution is -0.175. The second-order valence-electron chi connectivity index (χ2n) is 11.6. The normalized spacial score (nSPS) is 13.0. The zero-order valence-electron chi connectivity index (χ0n) is 26.7. The lowest BCUT2D eigenvalue weighted by atomic mass is 9.99. The number of amides is 4. The van der Waals surface area contributed by atoms with Crippen molar-refractivity contribution < 1.29 is 50.0 Å². The van der Waals surface area contributed by atoms with Crippen LogP contribution in [0.3, 0.4) is 0 Å². The fraction of sp³-hybridized carbons (Fsp3) is 0.344. The summed E-state index contributed by atoms with van der Waals surface area (Å²) in [4.78, 5) is 65.2. The van der Waals surface area contributed by atoms with Crippen molar-refractivity contribution in [2.75, 3.05) is 6.54 Å². The highest BCUT2D eigenvalue weighted by molar-refractivity contribution is 7.90. The Labute approximate surface area is 285 Å². The van der Waals surface area contributed by atoms with Gasteiger partial charge in [0.25, 0.3) is 27.6 Å².